The minimum absolute atomic E-state index is 0.0357. The highest BCUT2D eigenvalue weighted by Gasteiger charge is 2.45. The quantitative estimate of drug-likeness (QED) is 0.755. The molecule has 6 nitrogen and oxygen atoms in total. The Morgan fingerprint density at radius 3 is 2.24 bits per heavy atom. The Morgan fingerprint density at radius 2 is 1.79 bits per heavy atom. The maximum atomic E-state index is 13.7. The third-order valence-electron chi connectivity index (χ3n) is 4.74. The fraction of sp³-hybridized carbons (Fsp3) is 0.471. The summed E-state index contributed by atoms with van der Waals surface area (Å²) in [5.74, 6) is -1.51. The Bertz CT molecular complexity index is 917. The van der Waals surface area contributed by atoms with Crippen LogP contribution in [-0.2, 0) is 12.4 Å². The van der Waals surface area contributed by atoms with Gasteiger partial charge in [-0.05, 0) is 12.1 Å². The van der Waals surface area contributed by atoms with E-state index < -0.39 is 52.4 Å². The van der Waals surface area contributed by atoms with Gasteiger partial charge in [-0.15, -0.1) is 0 Å². The molecule has 1 aliphatic rings. The lowest BCUT2D eigenvalue weighted by atomic mass is 9.90. The van der Waals surface area contributed by atoms with Crippen molar-refractivity contribution in [2.24, 2.45) is 5.41 Å². The van der Waals surface area contributed by atoms with Gasteiger partial charge in [-0.1, -0.05) is 13.8 Å². The van der Waals surface area contributed by atoms with Crippen molar-refractivity contribution in [2.75, 3.05) is 13.1 Å². The smallest absolute Gasteiger partial charge is 0.391 e. The molecule has 0 bridgehead atoms. The number of aromatic nitrogens is 3. The van der Waals surface area contributed by atoms with E-state index in [4.69, 9.17) is 0 Å². The predicted molar refractivity (Wildman–Crippen MR) is 87.1 cm³/mol. The summed E-state index contributed by atoms with van der Waals surface area (Å²) >= 11 is 0. The Hall–Kier alpha value is -2.63. The molecule has 0 aromatic carbocycles. The summed E-state index contributed by atoms with van der Waals surface area (Å²) in [5.41, 5.74) is -4.05. The second-order valence-electron chi connectivity index (χ2n) is 7.41. The molecule has 1 unspecified atom stereocenters. The van der Waals surface area contributed by atoms with E-state index in [1.165, 1.54) is 0 Å². The lowest BCUT2D eigenvalue weighted by Crippen LogP contribution is -2.32. The fourth-order valence-electron chi connectivity index (χ4n) is 3.07. The maximum absolute atomic E-state index is 13.7. The molecule has 1 N–H and O–H groups in total. The first-order valence-corrected chi connectivity index (χ1v) is 8.38. The number of carbonyl (C=O) groups is 1. The van der Waals surface area contributed by atoms with Gasteiger partial charge in [-0.3, -0.25) is 4.79 Å². The number of amides is 1. The van der Waals surface area contributed by atoms with Crippen LogP contribution in [-0.4, -0.2) is 49.9 Å². The van der Waals surface area contributed by atoms with Gasteiger partial charge >= 0.3 is 12.4 Å². The molecule has 29 heavy (non-hydrogen) atoms. The van der Waals surface area contributed by atoms with Crippen LogP contribution in [0.25, 0.3) is 5.82 Å². The molecule has 0 radical (unpaired) electrons. The molecule has 12 heteroatoms. The number of aliphatic hydroxyl groups excluding tert-OH is 1. The van der Waals surface area contributed by atoms with E-state index in [9.17, 15) is 36.2 Å². The second-order valence-corrected chi connectivity index (χ2v) is 7.41. The van der Waals surface area contributed by atoms with Gasteiger partial charge in [0.25, 0.3) is 5.91 Å². The highest BCUT2D eigenvalue weighted by atomic mass is 19.4. The first kappa shape index (κ1) is 21.1. The van der Waals surface area contributed by atoms with Crippen LogP contribution in [0.1, 0.15) is 35.5 Å². The zero-order valence-electron chi connectivity index (χ0n) is 15.2. The fourth-order valence-corrected chi connectivity index (χ4v) is 3.07. The van der Waals surface area contributed by atoms with Gasteiger partial charge in [0.05, 0.1) is 23.4 Å². The summed E-state index contributed by atoms with van der Waals surface area (Å²) < 4.78 is 79.3. The maximum Gasteiger partial charge on any atom is 0.434 e. The number of likely N-dealkylation sites (tertiary alicyclic amines) is 1. The minimum Gasteiger partial charge on any atom is -0.391 e. The van der Waals surface area contributed by atoms with Crippen molar-refractivity contribution < 1.29 is 36.2 Å². The summed E-state index contributed by atoms with van der Waals surface area (Å²) in [5, 5.41) is 13.5. The third kappa shape index (κ3) is 3.93. The number of β-amino-alcohol motifs (C(OH)–C–C–N with tert-alkyl or cyclic N) is 1. The van der Waals surface area contributed by atoms with E-state index >= 15 is 0 Å². The van der Waals surface area contributed by atoms with Gasteiger partial charge in [0.15, 0.2) is 11.5 Å². The molecule has 2 aromatic rings. The van der Waals surface area contributed by atoms with Crippen molar-refractivity contribution in [3.63, 3.8) is 0 Å². The highest BCUT2D eigenvalue weighted by molar-refractivity contribution is 5.95. The lowest BCUT2D eigenvalue weighted by molar-refractivity contribution is -0.143. The topological polar surface area (TPSA) is 71.2 Å². The van der Waals surface area contributed by atoms with Crippen molar-refractivity contribution in [1.29, 1.82) is 0 Å². The number of halogens is 6. The number of hydrogen-bond acceptors (Lipinski definition) is 4. The average Bonchev–Trinajstić information content (AvgIpc) is 3.15. The number of aliphatic hydroxyl groups is 1. The van der Waals surface area contributed by atoms with E-state index in [0.29, 0.717) is 18.5 Å². The van der Waals surface area contributed by atoms with E-state index in [0.717, 1.165) is 11.0 Å². The monoisotopic (exact) mass is 422 g/mol. The van der Waals surface area contributed by atoms with Crippen molar-refractivity contribution in [3.05, 3.63) is 41.3 Å². The summed E-state index contributed by atoms with van der Waals surface area (Å²) in [4.78, 5) is 17.2. The van der Waals surface area contributed by atoms with Gasteiger partial charge in [0.2, 0.25) is 0 Å². The van der Waals surface area contributed by atoms with Crippen LogP contribution < -0.4 is 0 Å². The van der Waals surface area contributed by atoms with Gasteiger partial charge < -0.3 is 10.0 Å². The number of alkyl halides is 6. The normalized spacial score (nSPS) is 19.6. The summed E-state index contributed by atoms with van der Waals surface area (Å²) in [6, 6.07) is 1.31. The minimum atomic E-state index is -5.03. The molecule has 3 heterocycles. The van der Waals surface area contributed by atoms with Crippen LogP contribution in [0.2, 0.25) is 0 Å². The average molecular weight is 422 g/mol. The zero-order valence-corrected chi connectivity index (χ0v) is 15.2. The molecule has 1 aliphatic heterocycles. The molecule has 1 saturated heterocycles. The number of carbonyl (C=O) groups excluding carboxylic acids is 1. The number of hydrogen-bond donors (Lipinski definition) is 1. The Balaban J connectivity index is 2.02. The van der Waals surface area contributed by atoms with Crippen molar-refractivity contribution in [2.45, 2.75) is 32.3 Å². The van der Waals surface area contributed by atoms with Gasteiger partial charge in [0, 0.05) is 24.7 Å². The molecule has 0 aliphatic carbocycles. The van der Waals surface area contributed by atoms with E-state index in [1.54, 1.807) is 13.8 Å². The van der Waals surface area contributed by atoms with Gasteiger partial charge in [-0.25, -0.2) is 9.67 Å². The summed E-state index contributed by atoms with van der Waals surface area (Å²) in [7, 11) is 0. The van der Waals surface area contributed by atoms with E-state index in [2.05, 4.69) is 10.1 Å². The van der Waals surface area contributed by atoms with Crippen LogP contribution >= 0.6 is 0 Å². The van der Waals surface area contributed by atoms with Crippen molar-refractivity contribution >= 4 is 5.91 Å². The zero-order chi connectivity index (χ0) is 21.8. The molecule has 0 saturated carbocycles. The SMILES string of the molecule is CC1(C)CN(C(=O)c2cnn(-c3ccc(C(F)(F)F)cn3)c2C(F)(F)F)CC1O. The number of pyridine rings is 1. The Kier molecular flexibility index (Phi) is 4.88. The molecule has 1 amide bonds. The molecule has 158 valence electrons. The molecule has 1 fully saturated rings. The lowest BCUT2D eigenvalue weighted by Gasteiger charge is -2.21. The van der Waals surface area contributed by atoms with Crippen LogP contribution in [0.15, 0.2) is 24.5 Å². The van der Waals surface area contributed by atoms with Gasteiger partial charge in [-0.2, -0.15) is 31.4 Å². The van der Waals surface area contributed by atoms with Crippen LogP contribution in [0, 0.1) is 5.41 Å². The van der Waals surface area contributed by atoms with Crippen molar-refractivity contribution in [3.8, 4) is 5.82 Å². The first-order valence-electron chi connectivity index (χ1n) is 8.38. The second kappa shape index (κ2) is 6.71. The summed E-state index contributed by atoms with van der Waals surface area (Å²) in [6.07, 6.45) is -9.56. The Labute approximate surface area is 160 Å². The van der Waals surface area contributed by atoms with Crippen LogP contribution in [0.3, 0.4) is 0 Å². The third-order valence-corrected chi connectivity index (χ3v) is 4.74. The molecular formula is C17H16F6N4O2. The van der Waals surface area contributed by atoms with Crippen LogP contribution in [0.5, 0.6) is 0 Å². The predicted octanol–water partition coefficient (Wildman–Crippen LogP) is 3.15. The molecule has 3 rings (SSSR count). The van der Waals surface area contributed by atoms with Crippen LogP contribution in [0.4, 0.5) is 26.3 Å². The highest BCUT2D eigenvalue weighted by Crippen LogP contribution is 2.36. The summed E-state index contributed by atoms with van der Waals surface area (Å²) in [6.45, 7) is 3.23. The van der Waals surface area contributed by atoms with E-state index in [1.807, 2.05) is 0 Å². The van der Waals surface area contributed by atoms with Gasteiger partial charge in [0.1, 0.15) is 0 Å². The first-order chi connectivity index (χ1) is 13.2. The number of nitrogens with zero attached hydrogens (tertiary/aromatic N) is 4. The molecular weight excluding hydrogens is 406 g/mol. The van der Waals surface area contributed by atoms with Crippen molar-refractivity contribution in [1.82, 2.24) is 19.7 Å². The standard InChI is InChI=1S/C17H16F6N4O2/c1-15(2)8-26(7-11(15)28)14(29)10-6-25-27(13(10)17(21,22)23)12-4-3-9(5-24-12)16(18,19)20/h3-6,11,28H,7-8H2,1-2H3. The molecule has 1 atom stereocenters. The molecule has 2 aromatic heterocycles. The largest absolute Gasteiger partial charge is 0.434 e. The molecule has 0 spiro atoms. The van der Waals surface area contributed by atoms with E-state index in [-0.39, 0.29) is 17.8 Å². The Morgan fingerprint density at radius 1 is 1.14 bits per heavy atom. The number of rotatable bonds is 2.